The highest BCUT2D eigenvalue weighted by atomic mass is 14.4. The maximum Gasteiger partial charge on any atom is -0.0125 e. The van der Waals surface area contributed by atoms with E-state index in [1.165, 1.54) is 44.9 Å². The normalized spacial score (nSPS) is 25.5. The van der Waals surface area contributed by atoms with Crippen molar-refractivity contribution in [1.82, 2.24) is 0 Å². The lowest BCUT2D eigenvalue weighted by Gasteiger charge is -2.31. The maximum absolute atomic E-state index is 2.47. The first-order valence-electron chi connectivity index (χ1n) is 9.86. The third-order valence-electron chi connectivity index (χ3n) is 6.22. The molecule has 0 nitrogen and oxygen atoms in total. The van der Waals surface area contributed by atoms with Gasteiger partial charge in [-0.3, -0.25) is 0 Å². The van der Waals surface area contributed by atoms with Crippen LogP contribution in [0.5, 0.6) is 0 Å². The van der Waals surface area contributed by atoms with Gasteiger partial charge < -0.3 is 0 Å². The largest absolute Gasteiger partial charge is 0.0579 e. The fraction of sp³-hybridized carbons (Fsp3) is 0.739. The number of fused-ring (bicyclic) bond motifs is 3. The van der Waals surface area contributed by atoms with E-state index in [2.05, 4.69) is 53.7 Å². The van der Waals surface area contributed by atoms with Crippen LogP contribution in [0.25, 0.3) is 0 Å². The van der Waals surface area contributed by atoms with Crippen molar-refractivity contribution in [3.05, 3.63) is 34.4 Å². The molecular weight excluding hydrogens is 276 g/mol. The first-order chi connectivity index (χ1) is 10.7. The van der Waals surface area contributed by atoms with Gasteiger partial charge in [-0.25, -0.2) is 0 Å². The van der Waals surface area contributed by atoms with Crippen LogP contribution in [0.4, 0.5) is 0 Å². The minimum Gasteiger partial charge on any atom is -0.0579 e. The van der Waals surface area contributed by atoms with Crippen LogP contribution in [-0.2, 0) is 17.3 Å². The molecule has 0 heterocycles. The van der Waals surface area contributed by atoms with Crippen molar-refractivity contribution < 1.29 is 0 Å². The minimum absolute atomic E-state index is 0.262. The Hall–Kier alpha value is -0.780. The zero-order valence-electron chi connectivity index (χ0n) is 16.3. The zero-order chi connectivity index (χ0) is 16.8. The van der Waals surface area contributed by atoms with Gasteiger partial charge in [-0.2, -0.15) is 0 Å². The summed E-state index contributed by atoms with van der Waals surface area (Å²) in [5.41, 5.74) is 7.29. The quantitative estimate of drug-likeness (QED) is 0.489. The second kappa shape index (κ2) is 5.94. The van der Waals surface area contributed by atoms with E-state index in [1.807, 2.05) is 0 Å². The summed E-state index contributed by atoms with van der Waals surface area (Å²) >= 11 is 0. The molecule has 0 N–H and O–H groups in total. The molecule has 0 amide bonds. The standard InChI is InChI=1S/C23H36/c1-22(2,3)19-13-14-20(23(4,5)6)21-17-12-10-8-7-9-11-16(17)15-18(19)21/h13-14,16-17H,7-12,15H2,1-6H3. The Morgan fingerprint density at radius 1 is 0.739 bits per heavy atom. The van der Waals surface area contributed by atoms with Crippen LogP contribution >= 0.6 is 0 Å². The number of hydrogen-bond acceptors (Lipinski definition) is 0. The van der Waals surface area contributed by atoms with Crippen LogP contribution in [0.1, 0.15) is 108 Å². The summed E-state index contributed by atoms with van der Waals surface area (Å²) in [6, 6.07) is 4.93. The summed E-state index contributed by atoms with van der Waals surface area (Å²) in [5.74, 6) is 1.75. The molecule has 0 aromatic heterocycles. The molecule has 0 saturated heterocycles. The van der Waals surface area contributed by atoms with Crippen LogP contribution in [0.2, 0.25) is 0 Å². The van der Waals surface area contributed by atoms with Gasteiger partial charge in [0.15, 0.2) is 0 Å². The molecule has 2 unspecified atom stereocenters. The predicted octanol–water partition coefficient (Wildman–Crippen LogP) is 6.89. The topological polar surface area (TPSA) is 0 Å². The van der Waals surface area contributed by atoms with Crippen molar-refractivity contribution in [2.45, 2.75) is 103 Å². The summed E-state index contributed by atoms with van der Waals surface area (Å²) in [7, 11) is 0. The van der Waals surface area contributed by atoms with E-state index in [9.17, 15) is 0 Å². The summed E-state index contributed by atoms with van der Waals surface area (Å²) in [6.07, 6.45) is 10.0. The Labute approximate surface area is 144 Å². The van der Waals surface area contributed by atoms with Crippen molar-refractivity contribution in [3.8, 4) is 0 Å². The molecule has 1 saturated carbocycles. The summed E-state index contributed by atoms with van der Waals surface area (Å²) in [4.78, 5) is 0. The van der Waals surface area contributed by atoms with Crippen LogP contribution in [0.3, 0.4) is 0 Å². The highest BCUT2D eigenvalue weighted by Gasteiger charge is 2.39. The molecule has 0 radical (unpaired) electrons. The molecule has 2 aliphatic rings. The first-order valence-corrected chi connectivity index (χ1v) is 9.86. The van der Waals surface area contributed by atoms with Gasteiger partial charge in [0.05, 0.1) is 0 Å². The maximum atomic E-state index is 2.47. The molecule has 23 heavy (non-hydrogen) atoms. The van der Waals surface area contributed by atoms with Crippen LogP contribution < -0.4 is 0 Å². The SMILES string of the molecule is CC(C)(C)c1ccc(C(C)(C)C)c2c1CC1CCCCCCC21. The number of rotatable bonds is 0. The van der Waals surface area contributed by atoms with E-state index in [0.29, 0.717) is 0 Å². The second-order valence-corrected chi connectivity index (χ2v) is 10.1. The van der Waals surface area contributed by atoms with E-state index in [-0.39, 0.29) is 10.8 Å². The highest BCUT2D eigenvalue weighted by Crippen LogP contribution is 2.51. The van der Waals surface area contributed by atoms with E-state index in [4.69, 9.17) is 0 Å². The highest BCUT2D eigenvalue weighted by molar-refractivity contribution is 5.51. The fourth-order valence-corrected chi connectivity index (χ4v) is 5.11. The van der Waals surface area contributed by atoms with Gasteiger partial charge in [-0.05, 0) is 64.2 Å². The van der Waals surface area contributed by atoms with E-state index in [0.717, 1.165) is 11.8 Å². The van der Waals surface area contributed by atoms with E-state index in [1.54, 1.807) is 22.3 Å². The monoisotopic (exact) mass is 312 g/mol. The average molecular weight is 313 g/mol. The average Bonchev–Trinajstić information content (AvgIpc) is 2.72. The van der Waals surface area contributed by atoms with Crippen LogP contribution in [-0.4, -0.2) is 0 Å². The Kier molecular flexibility index (Phi) is 4.40. The lowest BCUT2D eigenvalue weighted by atomic mass is 9.74. The molecule has 128 valence electrons. The van der Waals surface area contributed by atoms with Crippen molar-refractivity contribution >= 4 is 0 Å². The Balaban J connectivity index is 2.15. The summed E-state index contributed by atoms with van der Waals surface area (Å²) in [6.45, 7) is 14.4. The third kappa shape index (κ3) is 3.24. The van der Waals surface area contributed by atoms with Gasteiger partial charge in [0, 0.05) is 0 Å². The molecule has 0 bridgehead atoms. The first kappa shape index (κ1) is 17.1. The van der Waals surface area contributed by atoms with E-state index < -0.39 is 0 Å². The van der Waals surface area contributed by atoms with Gasteiger partial charge in [-0.1, -0.05) is 79.4 Å². The predicted molar refractivity (Wildman–Crippen MR) is 101 cm³/mol. The molecule has 1 aromatic rings. The minimum atomic E-state index is 0.262. The molecule has 0 aliphatic heterocycles. The smallest absolute Gasteiger partial charge is 0.0125 e. The van der Waals surface area contributed by atoms with Gasteiger partial charge in [0.25, 0.3) is 0 Å². The lowest BCUT2D eigenvalue weighted by molar-refractivity contribution is 0.350. The fourth-order valence-electron chi connectivity index (χ4n) is 5.11. The second-order valence-electron chi connectivity index (χ2n) is 10.1. The Morgan fingerprint density at radius 3 is 1.91 bits per heavy atom. The molecule has 1 aromatic carbocycles. The van der Waals surface area contributed by atoms with Gasteiger partial charge in [0.2, 0.25) is 0 Å². The molecule has 2 aliphatic carbocycles. The number of benzene rings is 1. The Bertz CT molecular complexity index is 565. The molecular formula is C23H36. The van der Waals surface area contributed by atoms with Crippen LogP contribution in [0.15, 0.2) is 12.1 Å². The molecule has 0 heteroatoms. The number of hydrogen-bond donors (Lipinski definition) is 0. The van der Waals surface area contributed by atoms with Crippen LogP contribution in [0, 0.1) is 5.92 Å². The Morgan fingerprint density at radius 2 is 1.30 bits per heavy atom. The molecule has 1 fully saturated rings. The van der Waals surface area contributed by atoms with Crippen molar-refractivity contribution in [2.75, 3.05) is 0 Å². The lowest BCUT2D eigenvalue weighted by Crippen LogP contribution is -2.20. The summed E-state index contributed by atoms with van der Waals surface area (Å²) in [5, 5.41) is 0. The van der Waals surface area contributed by atoms with Crippen molar-refractivity contribution in [2.24, 2.45) is 5.92 Å². The molecule has 2 atom stereocenters. The molecule has 3 rings (SSSR count). The van der Waals surface area contributed by atoms with Crippen molar-refractivity contribution in [3.63, 3.8) is 0 Å². The van der Waals surface area contributed by atoms with Crippen molar-refractivity contribution in [1.29, 1.82) is 0 Å². The van der Waals surface area contributed by atoms with E-state index >= 15 is 0 Å². The molecule has 0 spiro atoms. The van der Waals surface area contributed by atoms with Gasteiger partial charge in [0.1, 0.15) is 0 Å². The third-order valence-corrected chi connectivity index (χ3v) is 6.22. The zero-order valence-corrected chi connectivity index (χ0v) is 16.3. The van der Waals surface area contributed by atoms with Gasteiger partial charge in [-0.15, -0.1) is 0 Å². The van der Waals surface area contributed by atoms with Gasteiger partial charge >= 0.3 is 0 Å². The summed E-state index contributed by atoms with van der Waals surface area (Å²) < 4.78 is 0.